The topological polar surface area (TPSA) is 40.6 Å². The maximum Gasteiger partial charge on any atom is 0.254 e. The Morgan fingerprint density at radius 1 is 0.833 bits per heavy atom. The Morgan fingerprint density at radius 2 is 1.38 bits per heavy atom. The summed E-state index contributed by atoms with van der Waals surface area (Å²) in [5.41, 5.74) is 2.11. The monoisotopic (exact) mass is 326 g/mol. The molecular weight excluding hydrogens is 307 g/mol. The minimum atomic E-state index is -0.422. The molecule has 3 rings (SSSR count). The quantitative estimate of drug-likeness (QED) is 0.851. The molecule has 124 valence electrons. The van der Waals surface area contributed by atoms with Gasteiger partial charge in [0.15, 0.2) is 0 Å². The Hall–Kier alpha value is -2.69. The van der Waals surface area contributed by atoms with Gasteiger partial charge in [0.05, 0.1) is 0 Å². The molecule has 1 saturated heterocycles. The van der Waals surface area contributed by atoms with Crippen LogP contribution in [0.25, 0.3) is 0 Å². The first kappa shape index (κ1) is 16.2. The number of carbonyl (C=O) groups is 2. The summed E-state index contributed by atoms with van der Waals surface area (Å²) in [5.74, 6) is -0.640. The molecule has 4 nitrogen and oxygen atoms in total. The van der Waals surface area contributed by atoms with E-state index in [-0.39, 0.29) is 11.8 Å². The second kappa shape index (κ2) is 6.83. The fourth-order valence-electron chi connectivity index (χ4n) is 2.80. The van der Waals surface area contributed by atoms with Gasteiger partial charge in [0.2, 0.25) is 0 Å². The van der Waals surface area contributed by atoms with Crippen LogP contribution in [0.15, 0.2) is 48.5 Å². The van der Waals surface area contributed by atoms with Crippen molar-refractivity contribution < 1.29 is 14.0 Å². The van der Waals surface area contributed by atoms with Crippen LogP contribution in [0.4, 0.5) is 4.39 Å². The van der Waals surface area contributed by atoms with Crippen molar-refractivity contribution in [3.8, 4) is 0 Å². The van der Waals surface area contributed by atoms with Crippen molar-refractivity contribution in [1.29, 1.82) is 0 Å². The van der Waals surface area contributed by atoms with E-state index in [1.807, 2.05) is 31.2 Å². The minimum Gasteiger partial charge on any atom is -0.335 e. The van der Waals surface area contributed by atoms with E-state index in [1.165, 1.54) is 18.2 Å². The SMILES string of the molecule is Cc1ccc(C(=O)N2CCN(C(=O)c3cccc(F)c3)CC2)cc1. The summed E-state index contributed by atoms with van der Waals surface area (Å²) in [4.78, 5) is 28.3. The zero-order valence-electron chi connectivity index (χ0n) is 13.5. The predicted molar refractivity (Wildman–Crippen MR) is 89.4 cm³/mol. The lowest BCUT2D eigenvalue weighted by molar-refractivity contribution is 0.0535. The van der Waals surface area contributed by atoms with Crippen molar-refractivity contribution in [1.82, 2.24) is 9.80 Å². The summed E-state index contributed by atoms with van der Waals surface area (Å²) >= 11 is 0. The van der Waals surface area contributed by atoms with Gasteiger partial charge in [-0.25, -0.2) is 4.39 Å². The number of halogens is 1. The molecule has 2 aromatic carbocycles. The van der Waals surface area contributed by atoms with Gasteiger partial charge in [0, 0.05) is 37.3 Å². The number of hydrogen-bond donors (Lipinski definition) is 0. The van der Waals surface area contributed by atoms with Crippen molar-refractivity contribution >= 4 is 11.8 Å². The van der Waals surface area contributed by atoms with Crippen molar-refractivity contribution in [3.63, 3.8) is 0 Å². The number of nitrogens with zero attached hydrogens (tertiary/aromatic N) is 2. The Morgan fingerprint density at radius 3 is 1.92 bits per heavy atom. The fourth-order valence-corrected chi connectivity index (χ4v) is 2.80. The molecule has 24 heavy (non-hydrogen) atoms. The molecule has 0 N–H and O–H groups in total. The zero-order valence-corrected chi connectivity index (χ0v) is 13.5. The van der Waals surface area contributed by atoms with E-state index in [0.717, 1.165) is 5.56 Å². The molecule has 0 unspecified atom stereocenters. The number of piperazine rings is 1. The second-order valence-electron chi connectivity index (χ2n) is 5.96. The van der Waals surface area contributed by atoms with Crippen LogP contribution in [-0.4, -0.2) is 47.8 Å². The van der Waals surface area contributed by atoms with E-state index in [1.54, 1.807) is 15.9 Å². The van der Waals surface area contributed by atoms with Gasteiger partial charge < -0.3 is 9.80 Å². The third kappa shape index (κ3) is 3.45. The minimum absolute atomic E-state index is 0.0205. The van der Waals surface area contributed by atoms with Crippen LogP contribution in [0.3, 0.4) is 0 Å². The third-order valence-electron chi connectivity index (χ3n) is 4.22. The predicted octanol–water partition coefficient (Wildman–Crippen LogP) is 2.73. The average Bonchev–Trinajstić information content (AvgIpc) is 2.61. The fraction of sp³-hybridized carbons (Fsp3) is 0.263. The summed E-state index contributed by atoms with van der Waals surface area (Å²) in [7, 11) is 0. The molecular formula is C19H19FN2O2. The van der Waals surface area contributed by atoms with Crippen LogP contribution in [0.2, 0.25) is 0 Å². The summed E-state index contributed by atoms with van der Waals surface area (Å²) in [6.07, 6.45) is 0. The van der Waals surface area contributed by atoms with Crippen LogP contribution < -0.4 is 0 Å². The smallest absolute Gasteiger partial charge is 0.254 e. The maximum atomic E-state index is 13.3. The molecule has 1 aliphatic heterocycles. The summed E-state index contributed by atoms with van der Waals surface area (Å²) in [6.45, 7) is 3.84. The molecule has 1 heterocycles. The first-order valence-corrected chi connectivity index (χ1v) is 7.95. The Kier molecular flexibility index (Phi) is 4.60. The zero-order chi connectivity index (χ0) is 17.1. The molecule has 0 spiro atoms. The van der Waals surface area contributed by atoms with Crippen molar-refractivity contribution in [2.75, 3.05) is 26.2 Å². The number of carbonyl (C=O) groups excluding carboxylic acids is 2. The second-order valence-corrected chi connectivity index (χ2v) is 5.96. The van der Waals surface area contributed by atoms with Crippen LogP contribution in [0.1, 0.15) is 26.3 Å². The van der Waals surface area contributed by atoms with Crippen molar-refractivity contribution in [2.24, 2.45) is 0 Å². The van der Waals surface area contributed by atoms with E-state index >= 15 is 0 Å². The van der Waals surface area contributed by atoms with Crippen molar-refractivity contribution in [3.05, 3.63) is 71.0 Å². The summed E-state index contributed by atoms with van der Waals surface area (Å²) in [5, 5.41) is 0. The summed E-state index contributed by atoms with van der Waals surface area (Å²) < 4.78 is 13.3. The Labute approximate surface area is 140 Å². The Bertz CT molecular complexity index is 750. The van der Waals surface area contributed by atoms with Crippen LogP contribution in [0, 0.1) is 12.7 Å². The summed E-state index contributed by atoms with van der Waals surface area (Å²) in [6, 6.07) is 13.2. The van der Waals surface area contributed by atoms with Gasteiger partial charge in [-0.3, -0.25) is 9.59 Å². The number of aryl methyl sites for hydroxylation is 1. The highest BCUT2D eigenvalue weighted by Gasteiger charge is 2.25. The highest BCUT2D eigenvalue weighted by atomic mass is 19.1. The average molecular weight is 326 g/mol. The van der Waals surface area contributed by atoms with Gasteiger partial charge in [0.1, 0.15) is 5.82 Å². The molecule has 1 fully saturated rings. The molecule has 5 heteroatoms. The highest BCUT2D eigenvalue weighted by molar-refractivity contribution is 5.96. The standard InChI is InChI=1S/C19H19FN2O2/c1-14-5-7-15(8-6-14)18(23)21-9-11-22(12-10-21)19(24)16-3-2-4-17(20)13-16/h2-8,13H,9-12H2,1H3. The van der Waals surface area contributed by atoms with Gasteiger partial charge in [-0.2, -0.15) is 0 Å². The first-order chi connectivity index (χ1) is 11.5. The van der Waals surface area contributed by atoms with E-state index in [9.17, 15) is 14.0 Å². The van der Waals surface area contributed by atoms with E-state index < -0.39 is 5.82 Å². The van der Waals surface area contributed by atoms with Gasteiger partial charge in [-0.05, 0) is 37.3 Å². The molecule has 0 radical (unpaired) electrons. The van der Waals surface area contributed by atoms with Crippen LogP contribution in [-0.2, 0) is 0 Å². The van der Waals surface area contributed by atoms with Gasteiger partial charge in [-0.15, -0.1) is 0 Å². The van der Waals surface area contributed by atoms with Gasteiger partial charge in [0.25, 0.3) is 11.8 Å². The molecule has 1 aliphatic rings. The number of rotatable bonds is 2. The molecule has 0 atom stereocenters. The lowest BCUT2D eigenvalue weighted by atomic mass is 10.1. The lowest BCUT2D eigenvalue weighted by Gasteiger charge is -2.35. The molecule has 2 aromatic rings. The molecule has 0 saturated carbocycles. The van der Waals surface area contributed by atoms with E-state index in [2.05, 4.69) is 0 Å². The van der Waals surface area contributed by atoms with E-state index in [0.29, 0.717) is 37.3 Å². The normalized spacial score (nSPS) is 14.6. The molecule has 0 aromatic heterocycles. The highest BCUT2D eigenvalue weighted by Crippen LogP contribution is 2.13. The lowest BCUT2D eigenvalue weighted by Crippen LogP contribution is -2.50. The van der Waals surface area contributed by atoms with E-state index in [4.69, 9.17) is 0 Å². The van der Waals surface area contributed by atoms with Crippen LogP contribution >= 0.6 is 0 Å². The number of hydrogen-bond acceptors (Lipinski definition) is 2. The van der Waals surface area contributed by atoms with Gasteiger partial charge >= 0.3 is 0 Å². The third-order valence-corrected chi connectivity index (χ3v) is 4.22. The number of benzene rings is 2. The molecule has 0 bridgehead atoms. The molecule has 2 amide bonds. The molecule has 0 aliphatic carbocycles. The first-order valence-electron chi connectivity index (χ1n) is 7.95. The largest absolute Gasteiger partial charge is 0.335 e. The maximum absolute atomic E-state index is 13.3. The Balaban J connectivity index is 1.62. The van der Waals surface area contributed by atoms with Gasteiger partial charge in [-0.1, -0.05) is 23.8 Å². The van der Waals surface area contributed by atoms with Crippen LogP contribution in [0.5, 0.6) is 0 Å². The number of amides is 2. The van der Waals surface area contributed by atoms with Crippen molar-refractivity contribution in [2.45, 2.75) is 6.92 Å².